The summed E-state index contributed by atoms with van der Waals surface area (Å²) in [5.74, 6) is 0.800. The maximum absolute atomic E-state index is 12.5. The standard InChI is InChI=1S/C20H29N3O/c1-16-10-13-23(14-11-16)20(24)19-8-7-18(15-22-19)21-12-9-17-5-3-2-4-6-17/h5,7-8,15-16,21H,2-4,6,9-14H2,1H3. The van der Waals surface area contributed by atoms with Crippen LogP contribution in [0.15, 0.2) is 30.0 Å². The van der Waals surface area contributed by atoms with Crippen LogP contribution >= 0.6 is 0 Å². The third-order valence-corrected chi connectivity index (χ3v) is 5.21. The Hall–Kier alpha value is -1.84. The molecule has 0 atom stereocenters. The van der Waals surface area contributed by atoms with Gasteiger partial charge in [0.15, 0.2) is 0 Å². The maximum Gasteiger partial charge on any atom is 0.272 e. The highest BCUT2D eigenvalue weighted by Gasteiger charge is 2.22. The van der Waals surface area contributed by atoms with Crippen molar-refractivity contribution in [2.24, 2.45) is 5.92 Å². The average molecular weight is 327 g/mol. The number of amides is 1. The van der Waals surface area contributed by atoms with E-state index in [1.54, 1.807) is 11.8 Å². The molecule has 0 bridgehead atoms. The topological polar surface area (TPSA) is 45.2 Å². The van der Waals surface area contributed by atoms with E-state index in [1.807, 2.05) is 17.0 Å². The number of pyridine rings is 1. The zero-order valence-electron chi connectivity index (χ0n) is 14.8. The van der Waals surface area contributed by atoms with E-state index >= 15 is 0 Å². The number of piperidine rings is 1. The van der Waals surface area contributed by atoms with Crippen LogP contribution in [0.1, 0.15) is 62.4 Å². The van der Waals surface area contributed by atoms with Gasteiger partial charge in [0.2, 0.25) is 0 Å². The molecular weight excluding hydrogens is 298 g/mol. The Morgan fingerprint density at radius 3 is 2.79 bits per heavy atom. The zero-order valence-corrected chi connectivity index (χ0v) is 14.8. The number of likely N-dealkylation sites (tertiary alicyclic amines) is 1. The summed E-state index contributed by atoms with van der Waals surface area (Å²) >= 11 is 0. The second-order valence-electron chi connectivity index (χ2n) is 7.19. The molecule has 3 rings (SSSR count). The van der Waals surface area contributed by atoms with Crippen molar-refractivity contribution in [1.82, 2.24) is 9.88 Å². The number of aromatic nitrogens is 1. The first-order valence-corrected chi connectivity index (χ1v) is 9.39. The highest BCUT2D eigenvalue weighted by atomic mass is 16.2. The quantitative estimate of drug-likeness (QED) is 0.822. The van der Waals surface area contributed by atoms with Crippen molar-refractivity contribution in [2.45, 2.75) is 51.9 Å². The molecule has 1 aromatic heterocycles. The van der Waals surface area contributed by atoms with Crippen LogP contribution in [-0.4, -0.2) is 35.4 Å². The van der Waals surface area contributed by atoms with E-state index in [1.165, 1.54) is 25.7 Å². The van der Waals surface area contributed by atoms with Gasteiger partial charge in [-0.25, -0.2) is 4.98 Å². The molecule has 1 aliphatic carbocycles. The maximum atomic E-state index is 12.5. The number of anilines is 1. The summed E-state index contributed by atoms with van der Waals surface area (Å²) in [5.41, 5.74) is 3.13. The molecular formula is C20H29N3O. The molecule has 4 heteroatoms. The van der Waals surface area contributed by atoms with E-state index in [0.29, 0.717) is 5.69 Å². The summed E-state index contributed by atoms with van der Waals surface area (Å²) < 4.78 is 0. The summed E-state index contributed by atoms with van der Waals surface area (Å²) in [4.78, 5) is 18.8. The van der Waals surface area contributed by atoms with Crippen molar-refractivity contribution < 1.29 is 4.79 Å². The zero-order chi connectivity index (χ0) is 16.8. The van der Waals surface area contributed by atoms with Crippen molar-refractivity contribution in [3.05, 3.63) is 35.7 Å². The number of nitrogens with one attached hydrogen (secondary N) is 1. The number of rotatable bonds is 5. The predicted octanol–water partition coefficient (Wildman–Crippen LogP) is 4.26. The van der Waals surface area contributed by atoms with E-state index in [4.69, 9.17) is 0 Å². The van der Waals surface area contributed by atoms with Gasteiger partial charge in [-0.05, 0) is 63.0 Å². The molecule has 0 saturated carbocycles. The van der Waals surface area contributed by atoms with Crippen LogP contribution in [0.25, 0.3) is 0 Å². The highest BCUT2D eigenvalue weighted by molar-refractivity contribution is 5.92. The van der Waals surface area contributed by atoms with Gasteiger partial charge in [-0.2, -0.15) is 0 Å². The number of nitrogens with zero attached hydrogens (tertiary/aromatic N) is 2. The van der Waals surface area contributed by atoms with E-state index in [0.717, 1.165) is 50.5 Å². The first-order valence-electron chi connectivity index (χ1n) is 9.39. The van der Waals surface area contributed by atoms with Crippen molar-refractivity contribution in [3.63, 3.8) is 0 Å². The monoisotopic (exact) mass is 327 g/mol. The number of hydrogen-bond donors (Lipinski definition) is 1. The molecule has 1 amide bonds. The Morgan fingerprint density at radius 2 is 2.12 bits per heavy atom. The average Bonchev–Trinajstić information content (AvgIpc) is 2.63. The fourth-order valence-corrected chi connectivity index (χ4v) is 3.50. The molecule has 0 radical (unpaired) electrons. The van der Waals surface area contributed by atoms with Crippen LogP contribution in [0.4, 0.5) is 5.69 Å². The van der Waals surface area contributed by atoms with Gasteiger partial charge in [0.05, 0.1) is 11.9 Å². The van der Waals surface area contributed by atoms with Crippen molar-refractivity contribution in [3.8, 4) is 0 Å². The van der Waals surface area contributed by atoms with Crippen LogP contribution in [0, 0.1) is 5.92 Å². The van der Waals surface area contributed by atoms with E-state index < -0.39 is 0 Å². The first kappa shape index (κ1) is 17.0. The smallest absolute Gasteiger partial charge is 0.272 e. The van der Waals surface area contributed by atoms with Crippen LogP contribution < -0.4 is 5.32 Å². The lowest BCUT2D eigenvalue weighted by Gasteiger charge is -2.30. The molecule has 1 saturated heterocycles. The van der Waals surface area contributed by atoms with Gasteiger partial charge in [-0.15, -0.1) is 0 Å². The van der Waals surface area contributed by atoms with Crippen molar-refractivity contribution in [2.75, 3.05) is 25.0 Å². The molecule has 2 aliphatic rings. The van der Waals surface area contributed by atoms with E-state index in [2.05, 4.69) is 23.3 Å². The van der Waals surface area contributed by atoms with Gasteiger partial charge >= 0.3 is 0 Å². The molecule has 1 fully saturated rings. The summed E-state index contributed by atoms with van der Waals surface area (Å²) in [6.07, 6.45) is 12.6. The number of carbonyl (C=O) groups is 1. The van der Waals surface area contributed by atoms with Crippen LogP contribution in [0.3, 0.4) is 0 Å². The predicted molar refractivity (Wildman–Crippen MR) is 98.2 cm³/mol. The van der Waals surface area contributed by atoms with Gasteiger partial charge < -0.3 is 10.2 Å². The Bertz CT molecular complexity index is 571. The summed E-state index contributed by atoms with van der Waals surface area (Å²) in [7, 11) is 0. The molecule has 0 spiro atoms. The lowest BCUT2D eigenvalue weighted by atomic mass is 9.97. The van der Waals surface area contributed by atoms with E-state index in [-0.39, 0.29) is 5.91 Å². The molecule has 24 heavy (non-hydrogen) atoms. The molecule has 2 heterocycles. The normalized spacial score (nSPS) is 19.0. The third kappa shape index (κ3) is 4.59. The molecule has 1 aromatic rings. The van der Waals surface area contributed by atoms with Gasteiger partial charge in [-0.3, -0.25) is 4.79 Å². The second-order valence-corrected chi connectivity index (χ2v) is 7.19. The van der Waals surface area contributed by atoms with Crippen LogP contribution in [0.5, 0.6) is 0 Å². The van der Waals surface area contributed by atoms with Gasteiger partial charge in [0, 0.05) is 19.6 Å². The minimum atomic E-state index is 0.0702. The molecule has 4 nitrogen and oxygen atoms in total. The minimum Gasteiger partial charge on any atom is -0.383 e. The Kier molecular flexibility index (Phi) is 5.89. The largest absolute Gasteiger partial charge is 0.383 e. The Labute approximate surface area is 145 Å². The first-order chi connectivity index (χ1) is 11.7. The third-order valence-electron chi connectivity index (χ3n) is 5.21. The summed E-state index contributed by atoms with van der Waals surface area (Å²) in [5, 5.41) is 3.42. The van der Waals surface area contributed by atoms with E-state index in [9.17, 15) is 4.79 Å². The second kappa shape index (κ2) is 8.32. The fraction of sp³-hybridized carbons (Fsp3) is 0.600. The summed E-state index contributed by atoms with van der Waals surface area (Å²) in [6, 6.07) is 3.82. The van der Waals surface area contributed by atoms with Crippen LogP contribution in [0.2, 0.25) is 0 Å². The number of hydrogen-bond acceptors (Lipinski definition) is 3. The lowest BCUT2D eigenvalue weighted by Crippen LogP contribution is -2.38. The van der Waals surface area contributed by atoms with Crippen molar-refractivity contribution >= 4 is 11.6 Å². The Morgan fingerprint density at radius 1 is 1.29 bits per heavy atom. The van der Waals surface area contributed by atoms with Gasteiger partial charge in [-0.1, -0.05) is 18.6 Å². The van der Waals surface area contributed by atoms with Gasteiger partial charge in [0.1, 0.15) is 5.69 Å². The lowest BCUT2D eigenvalue weighted by molar-refractivity contribution is 0.0691. The molecule has 1 aliphatic heterocycles. The number of allylic oxidation sites excluding steroid dienone is 1. The molecule has 1 N–H and O–H groups in total. The van der Waals surface area contributed by atoms with Crippen molar-refractivity contribution in [1.29, 1.82) is 0 Å². The summed E-state index contributed by atoms with van der Waals surface area (Å²) in [6.45, 7) is 4.91. The Balaban J connectivity index is 1.47. The minimum absolute atomic E-state index is 0.0702. The van der Waals surface area contributed by atoms with Crippen LogP contribution in [-0.2, 0) is 0 Å². The molecule has 0 unspecified atom stereocenters. The molecule has 130 valence electrons. The SMILES string of the molecule is CC1CCN(C(=O)c2ccc(NCCC3=CCCCC3)cn2)CC1. The van der Waals surface area contributed by atoms with Gasteiger partial charge in [0.25, 0.3) is 5.91 Å². The number of carbonyl (C=O) groups excluding carboxylic acids is 1. The fourth-order valence-electron chi connectivity index (χ4n) is 3.50. The highest BCUT2D eigenvalue weighted by Crippen LogP contribution is 2.20. The molecule has 0 aromatic carbocycles.